The number of nitrogens with zero attached hydrogens (tertiary/aromatic N) is 1. The number of carbonyl (C=O) groups excluding carboxylic acids is 2. The molecule has 0 unspecified atom stereocenters. The highest BCUT2D eigenvalue weighted by atomic mass is 32.1. The maximum atomic E-state index is 13.0. The Bertz CT molecular complexity index is 822. The Hall–Kier alpha value is -2.07. The monoisotopic (exact) mass is 399 g/mol. The zero-order valence-corrected chi connectivity index (χ0v) is 19.1. The van der Waals surface area contributed by atoms with Crippen LogP contribution in [0.3, 0.4) is 0 Å². The molecule has 0 N–H and O–H groups in total. The Morgan fingerprint density at radius 3 is 2.29 bits per heavy atom. The van der Waals surface area contributed by atoms with Gasteiger partial charge >= 0.3 is 0 Å². The Labute approximate surface area is 175 Å². The summed E-state index contributed by atoms with van der Waals surface area (Å²) in [6.45, 7) is 13.0. The Morgan fingerprint density at radius 2 is 1.71 bits per heavy atom. The number of carbonyl (C=O) groups is 2. The molecule has 0 bridgehead atoms. The Kier molecular flexibility index (Phi) is 8.96. The first-order valence-electron chi connectivity index (χ1n) is 9.77. The van der Waals surface area contributed by atoms with Crippen molar-refractivity contribution in [3.63, 3.8) is 0 Å². The number of thiol groups is 1. The number of benzene rings is 2. The van der Waals surface area contributed by atoms with Gasteiger partial charge in [0, 0.05) is 17.7 Å². The van der Waals surface area contributed by atoms with Crippen LogP contribution >= 0.6 is 12.6 Å². The van der Waals surface area contributed by atoms with Gasteiger partial charge in [0.1, 0.15) is 0 Å². The minimum Gasteiger partial charge on any atom is -0.307 e. The van der Waals surface area contributed by atoms with Crippen LogP contribution in [0.1, 0.15) is 72.0 Å². The van der Waals surface area contributed by atoms with Gasteiger partial charge in [-0.15, -0.1) is 0 Å². The van der Waals surface area contributed by atoms with E-state index in [2.05, 4.69) is 39.5 Å². The summed E-state index contributed by atoms with van der Waals surface area (Å²) < 4.78 is 0. The SMILES string of the molecule is CC.CS.Cc1cccc(N2CCc3cc(C(C)(C)C)ccc3C2=O)c1C=O. The van der Waals surface area contributed by atoms with E-state index in [4.69, 9.17) is 0 Å². The van der Waals surface area contributed by atoms with Gasteiger partial charge in [0.15, 0.2) is 6.29 Å². The minimum atomic E-state index is -0.0228. The van der Waals surface area contributed by atoms with E-state index in [1.54, 1.807) is 11.2 Å². The highest BCUT2D eigenvalue weighted by molar-refractivity contribution is 7.79. The van der Waals surface area contributed by atoms with E-state index in [1.807, 2.05) is 51.1 Å². The fraction of sp³-hybridized carbons (Fsp3) is 0.417. The molecule has 0 aromatic heterocycles. The minimum absolute atomic E-state index is 0.0228. The maximum absolute atomic E-state index is 13.0. The second-order valence-electron chi connectivity index (χ2n) is 7.45. The van der Waals surface area contributed by atoms with E-state index < -0.39 is 0 Å². The lowest BCUT2D eigenvalue weighted by atomic mass is 9.84. The third-order valence-corrected chi connectivity index (χ3v) is 4.76. The van der Waals surface area contributed by atoms with Crippen molar-refractivity contribution >= 4 is 30.5 Å². The average molecular weight is 400 g/mol. The van der Waals surface area contributed by atoms with Crippen LogP contribution in [0.15, 0.2) is 36.4 Å². The van der Waals surface area contributed by atoms with Gasteiger partial charge in [0.2, 0.25) is 0 Å². The molecule has 3 rings (SSSR count). The predicted molar refractivity (Wildman–Crippen MR) is 123 cm³/mol. The number of aldehydes is 1. The fourth-order valence-electron chi connectivity index (χ4n) is 3.24. The fourth-order valence-corrected chi connectivity index (χ4v) is 3.24. The third-order valence-electron chi connectivity index (χ3n) is 4.76. The smallest absolute Gasteiger partial charge is 0.258 e. The lowest BCUT2D eigenvalue weighted by molar-refractivity contribution is 0.0980. The molecule has 0 atom stereocenters. The number of anilines is 1. The van der Waals surface area contributed by atoms with Gasteiger partial charge in [-0.3, -0.25) is 9.59 Å². The van der Waals surface area contributed by atoms with Gasteiger partial charge in [0.05, 0.1) is 5.69 Å². The van der Waals surface area contributed by atoms with Crippen LogP contribution in [0.25, 0.3) is 0 Å². The molecule has 1 heterocycles. The first-order valence-corrected chi connectivity index (χ1v) is 10.7. The molecule has 28 heavy (non-hydrogen) atoms. The highest BCUT2D eigenvalue weighted by Crippen LogP contribution is 2.31. The largest absolute Gasteiger partial charge is 0.307 e. The molecular formula is C24H33NO2S. The standard InChI is InChI=1S/C21H23NO2.C2H6.CH4S/c1-14-6-5-7-19(18(14)13-23)22-11-10-15-12-16(21(2,3)4)8-9-17(15)20(22)24;2*1-2/h5-9,12-13H,10-11H2,1-4H3;1-2H3;2H,1H3. The van der Waals surface area contributed by atoms with Crippen molar-refractivity contribution in [2.45, 2.75) is 53.4 Å². The van der Waals surface area contributed by atoms with Gasteiger partial charge in [-0.25, -0.2) is 0 Å². The highest BCUT2D eigenvalue weighted by Gasteiger charge is 2.28. The Balaban J connectivity index is 0.000000921. The number of hydrogen-bond donors (Lipinski definition) is 1. The molecule has 0 fully saturated rings. The van der Waals surface area contributed by atoms with Crippen molar-refractivity contribution in [3.8, 4) is 0 Å². The van der Waals surface area contributed by atoms with E-state index in [9.17, 15) is 9.59 Å². The molecule has 0 radical (unpaired) electrons. The molecule has 2 aromatic carbocycles. The molecule has 1 aliphatic rings. The molecule has 0 saturated heterocycles. The molecule has 4 heteroatoms. The summed E-state index contributed by atoms with van der Waals surface area (Å²) in [6.07, 6.45) is 3.34. The molecule has 0 spiro atoms. The number of amides is 1. The van der Waals surface area contributed by atoms with Gasteiger partial charge in [-0.2, -0.15) is 12.6 Å². The number of fused-ring (bicyclic) bond motifs is 1. The lowest BCUT2D eigenvalue weighted by Crippen LogP contribution is -2.38. The van der Waals surface area contributed by atoms with Gasteiger partial charge in [-0.1, -0.05) is 58.9 Å². The van der Waals surface area contributed by atoms with E-state index in [0.29, 0.717) is 17.8 Å². The van der Waals surface area contributed by atoms with Crippen molar-refractivity contribution < 1.29 is 9.59 Å². The summed E-state index contributed by atoms with van der Waals surface area (Å²) in [6, 6.07) is 11.8. The van der Waals surface area contributed by atoms with Crippen LogP contribution in [0.5, 0.6) is 0 Å². The molecule has 3 nitrogen and oxygen atoms in total. The summed E-state index contributed by atoms with van der Waals surface area (Å²) in [5.41, 5.74) is 5.35. The summed E-state index contributed by atoms with van der Waals surface area (Å²) in [7, 11) is 0. The molecule has 0 saturated carbocycles. The summed E-state index contributed by atoms with van der Waals surface area (Å²) >= 11 is 3.53. The van der Waals surface area contributed by atoms with Gasteiger partial charge in [-0.05, 0) is 53.8 Å². The zero-order valence-electron chi connectivity index (χ0n) is 18.2. The molecule has 2 aromatic rings. The Morgan fingerprint density at radius 1 is 1.07 bits per heavy atom. The van der Waals surface area contributed by atoms with Crippen LogP contribution in [-0.2, 0) is 11.8 Å². The van der Waals surface area contributed by atoms with Crippen molar-refractivity contribution in [1.82, 2.24) is 0 Å². The second kappa shape index (κ2) is 10.5. The van der Waals surface area contributed by atoms with Gasteiger partial charge in [0.25, 0.3) is 5.91 Å². The summed E-state index contributed by atoms with van der Waals surface area (Å²) in [5.74, 6) is -0.0228. The molecular weight excluding hydrogens is 366 g/mol. The zero-order chi connectivity index (χ0) is 21.5. The molecule has 152 valence electrons. The van der Waals surface area contributed by atoms with Crippen LogP contribution < -0.4 is 4.90 Å². The second-order valence-corrected chi connectivity index (χ2v) is 7.45. The normalized spacial score (nSPS) is 12.9. The molecule has 1 amide bonds. The van der Waals surface area contributed by atoms with Crippen LogP contribution in [0.4, 0.5) is 5.69 Å². The average Bonchev–Trinajstić information content (AvgIpc) is 2.70. The number of aryl methyl sites for hydroxylation is 1. The topological polar surface area (TPSA) is 37.4 Å². The molecule has 1 aliphatic heterocycles. The van der Waals surface area contributed by atoms with Crippen molar-refractivity contribution in [2.24, 2.45) is 0 Å². The van der Waals surface area contributed by atoms with Crippen molar-refractivity contribution in [3.05, 3.63) is 64.2 Å². The lowest BCUT2D eigenvalue weighted by Gasteiger charge is -2.31. The first-order chi connectivity index (χ1) is 13.3. The molecule has 0 aliphatic carbocycles. The van der Waals surface area contributed by atoms with E-state index in [1.165, 1.54) is 5.56 Å². The van der Waals surface area contributed by atoms with Crippen molar-refractivity contribution in [1.29, 1.82) is 0 Å². The third kappa shape index (κ3) is 5.05. The van der Waals surface area contributed by atoms with E-state index >= 15 is 0 Å². The maximum Gasteiger partial charge on any atom is 0.258 e. The summed E-state index contributed by atoms with van der Waals surface area (Å²) in [5, 5.41) is 0. The van der Waals surface area contributed by atoms with Crippen LogP contribution in [0, 0.1) is 6.92 Å². The number of hydrogen-bond acceptors (Lipinski definition) is 3. The first kappa shape index (κ1) is 24.0. The summed E-state index contributed by atoms with van der Waals surface area (Å²) in [4.78, 5) is 26.2. The van der Waals surface area contributed by atoms with E-state index in [0.717, 1.165) is 29.4 Å². The number of rotatable bonds is 2. The predicted octanol–water partition coefficient (Wildman–Crippen LogP) is 5.88. The van der Waals surface area contributed by atoms with Crippen molar-refractivity contribution in [2.75, 3.05) is 17.7 Å². The quantitative estimate of drug-likeness (QED) is 0.506. The van der Waals surface area contributed by atoms with Crippen LogP contribution in [0.2, 0.25) is 0 Å². The van der Waals surface area contributed by atoms with E-state index in [-0.39, 0.29) is 11.3 Å². The van der Waals surface area contributed by atoms with Crippen LogP contribution in [-0.4, -0.2) is 25.0 Å². The van der Waals surface area contributed by atoms with Gasteiger partial charge < -0.3 is 4.90 Å².